The minimum absolute atomic E-state index is 0.0249. The molecule has 0 unspecified atom stereocenters. The van der Waals surface area contributed by atoms with E-state index in [1.807, 2.05) is 0 Å². The molecule has 1 aromatic heterocycles. The maximum atomic E-state index is 13.7. The first-order valence-corrected chi connectivity index (χ1v) is 7.42. The van der Waals surface area contributed by atoms with E-state index in [1.54, 1.807) is 37.3 Å². The van der Waals surface area contributed by atoms with Gasteiger partial charge in [-0.15, -0.1) is 12.6 Å². The summed E-state index contributed by atoms with van der Waals surface area (Å²) >= 11 is 4.16. The standard InChI is InChI=1S/C17H12F4N2S/c1-10-6-11(8-12(18)7-10)16-22-15(17(19,20)21)9-23(16)13-2-4-14(24)5-3-13/h2-9,24H,1H3. The molecule has 0 bridgehead atoms. The van der Waals surface area contributed by atoms with E-state index in [0.717, 1.165) is 6.20 Å². The van der Waals surface area contributed by atoms with Crippen LogP contribution in [-0.4, -0.2) is 9.55 Å². The smallest absolute Gasteiger partial charge is 0.299 e. The number of hydrogen-bond acceptors (Lipinski definition) is 2. The lowest BCUT2D eigenvalue weighted by Crippen LogP contribution is -2.05. The number of benzene rings is 2. The number of nitrogens with zero attached hydrogens (tertiary/aromatic N) is 2. The molecule has 0 amide bonds. The number of alkyl halides is 3. The quantitative estimate of drug-likeness (QED) is 0.490. The average Bonchev–Trinajstić information content (AvgIpc) is 2.92. The summed E-state index contributed by atoms with van der Waals surface area (Å²) in [4.78, 5) is 4.36. The van der Waals surface area contributed by atoms with E-state index in [1.165, 1.54) is 16.7 Å². The number of hydrogen-bond donors (Lipinski definition) is 1. The maximum absolute atomic E-state index is 13.7. The molecule has 0 aliphatic rings. The van der Waals surface area contributed by atoms with Crippen LogP contribution in [0.2, 0.25) is 0 Å². The van der Waals surface area contributed by atoms with Gasteiger partial charge >= 0.3 is 6.18 Å². The van der Waals surface area contributed by atoms with Gasteiger partial charge in [-0.3, -0.25) is 4.57 Å². The predicted molar refractivity (Wildman–Crippen MR) is 85.9 cm³/mol. The molecule has 3 rings (SSSR count). The zero-order valence-electron chi connectivity index (χ0n) is 12.5. The molecule has 124 valence electrons. The van der Waals surface area contributed by atoms with Gasteiger partial charge in [0.1, 0.15) is 11.6 Å². The van der Waals surface area contributed by atoms with Crippen molar-refractivity contribution in [1.82, 2.24) is 9.55 Å². The molecular formula is C17H12F4N2S. The first-order valence-electron chi connectivity index (χ1n) is 6.97. The molecule has 0 aliphatic carbocycles. The molecule has 0 N–H and O–H groups in total. The molecule has 0 saturated heterocycles. The molecule has 24 heavy (non-hydrogen) atoms. The topological polar surface area (TPSA) is 17.8 Å². The molecule has 1 heterocycles. The number of rotatable bonds is 2. The monoisotopic (exact) mass is 352 g/mol. The van der Waals surface area contributed by atoms with Gasteiger partial charge in [-0.2, -0.15) is 13.2 Å². The number of imidazole rings is 1. The summed E-state index contributed by atoms with van der Waals surface area (Å²) < 4.78 is 54.2. The van der Waals surface area contributed by atoms with E-state index < -0.39 is 17.7 Å². The van der Waals surface area contributed by atoms with Crippen LogP contribution in [0, 0.1) is 12.7 Å². The lowest BCUT2D eigenvalue weighted by Gasteiger charge is -2.09. The van der Waals surface area contributed by atoms with E-state index in [9.17, 15) is 17.6 Å². The normalized spacial score (nSPS) is 11.8. The third-order valence-corrected chi connectivity index (χ3v) is 3.72. The highest BCUT2D eigenvalue weighted by molar-refractivity contribution is 7.80. The van der Waals surface area contributed by atoms with Crippen molar-refractivity contribution in [3.05, 3.63) is 65.7 Å². The largest absolute Gasteiger partial charge is 0.434 e. The Labute approximate surface area is 141 Å². The van der Waals surface area contributed by atoms with Crippen LogP contribution < -0.4 is 0 Å². The Kier molecular flexibility index (Phi) is 4.13. The molecule has 0 spiro atoms. The Morgan fingerprint density at radius 1 is 1.04 bits per heavy atom. The summed E-state index contributed by atoms with van der Waals surface area (Å²) in [6.45, 7) is 1.67. The number of aryl methyl sites for hydroxylation is 1. The molecule has 0 radical (unpaired) electrons. The molecular weight excluding hydrogens is 340 g/mol. The molecule has 7 heteroatoms. The Bertz CT molecular complexity index is 862. The van der Waals surface area contributed by atoms with Crippen LogP contribution in [-0.2, 0) is 6.18 Å². The van der Waals surface area contributed by atoms with Gasteiger partial charge in [0.05, 0.1) is 0 Å². The van der Waals surface area contributed by atoms with E-state index in [-0.39, 0.29) is 11.4 Å². The second kappa shape index (κ2) is 5.98. The highest BCUT2D eigenvalue weighted by Gasteiger charge is 2.35. The molecule has 0 fully saturated rings. The third-order valence-electron chi connectivity index (χ3n) is 3.42. The number of aromatic nitrogens is 2. The fourth-order valence-electron chi connectivity index (χ4n) is 2.40. The summed E-state index contributed by atoms with van der Waals surface area (Å²) in [6.07, 6.45) is -3.69. The van der Waals surface area contributed by atoms with Gasteiger partial charge in [-0.25, -0.2) is 9.37 Å². The van der Waals surface area contributed by atoms with Gasteiger partial charge < -0.3 is 0 Å². The molecule has 0 aliphatic heterocycles. The Morgan fingerprint density at radius 2 is 1.71 bits per heavy atom. The van der Waals surface area contributed by atoms with Gasteiger partial charge in [0, 0.05) is 22.3 Å². The van der Waals surface area contributed by atoms with E-state index in [2.05, 4.69) is 17.6 Å². The SMILES string of the molecule is Cc1cc(F)cc(-c2nc(C(F)(F)F)cn2-c2ccc(S)cc2)c1. The van der Waals surface area contributed by atoms with Crippen molar-refractivity contribution in [2.24, 2.45) is 0 Å². The lowest BCUT2D eigenvalue weighted by molar-refractivity contribution is -0.140. The zero-order valence-corrected chi connectivity index (χ0v) is 13.4. The van der Waals surface area contributed by atoms with Crippen LogP contribution in [0.3, 0.4) is 0 Å². The first kappa shape index (κ1) is 16.6. The minimum Gasteiger partial charge on any atom is -0.299 e. The molecule has 0 saturated carbocycles. The maximum Gasteiger partial charge on any atom is 0.434 e. The second-order valence-electron chi connectivity index (χ2n) is 5.35. The Hall–Kier alpha value is -2.28. The van der Waals surface area contributed by atoms with E-state index >= 15 is 0 Å². The van der Waals surface area contributed by atoms with Crippen LogP contribution in [0.4, 0.5) is 17.6 Å². The second-order valence-corrected chi connectivity index (χ2v) is 5.87. The summed E-state index contributed by atoms with van der Waals surface area (Å²) in [5.74, 6) is -0.504. The summed E-state index contributed by atoms with van der Waals surface area (Å²) in [5.41, 5.74) is 0.318. The van der Waals surface area contributed by atoms with Crippen molar-refractivity contribution in [2.75, 3.05) is 0 Å². The van der Waals surface area contributed by atoms with Gasteiger partial charge in [0.2, 0.25) is 0 Å². The summed E-state index contributed by atoms with van der Waals surface area (Å²) in [5, 5.41) is 0. The van der Waals surface area contributed by atoms with Crippen LogP contribution in [0.25, 0.3) is 17.1 Å². The van der Waals surface area contributed by atoms with Crippen molar-refractivity contribution in [3.63, 3.8) is 0 Å². The zero-order chi connectivity index (χ0) is 17.5. The van der Waals surface area contributed by atoms with Crippen LogP contribution >= 0.6 is 12.6 Å². The van der Waals surface area contributed by atoms with Crippen LogP contribution in [0.1, 0.15) is 11.3 Å². The predicted octanol–water partition coefficient (Wildman–Crippen LogP) is 5.29. The number of thiol groups is 1. The molecule has 2 nitrogen and oxygen atoms in total. The van der Waals surface area contributed by atoms with Gasteiger partial charge in [0.25, 0.3) is 0 Å². The van der Waals surface area contributed by atoms with E-state index in [4.69, 9.17) is 0 Å². The average molecular weight is 352 g/mol. The van der Waals surface area contributed by atoms with Crippen LogP contribution in [0.15, 0.2) is 53.6 Å². The van der Waals surface area contributed by atoms with Gasteiger partial charge in [-0.05, 0) is 55.0 Å². The first-order chi connectivity index (χ1) is 11.2. The Balaban J connectivity index is 2.23. The van der Waals surface area contributed by atoms with Crippen molar-refractivity contribution < 1.29 is 17.6 Å². The lowest BCUT2D eigenvalue weighted by atomic mass is 10.1. The fraction of sp³-hybridized carbons (Fsp3) is 0.118. The van der Waals surface area contributed by atoms with Gasteiger partial charge in [-0.1, -0.05) is 0 Å². The fourth-order valence-corrected chi connectivity index (χ4v) is 2.55. The van der Waals surface area contributed by atoms with Gasteiger partial charge in [0.15, 0.2) is 5.69 Å². The summed E-state index contributed by atoms with van der Waals surface area (Å²) in [7, 11) is 0. The van der Waals surface area contributed by atoms with Crippen molar-refractivity contribution in [2.45, 2.75) is 18.0 Å². The van der Waals surface area contributed by atoms with Crippen molar-refractivity contribution in [3.8, 4) is 17.1 Å². The van der Waals surface area contributed by atoms with Crippen molar-refractivity contribution in [1.29, 1.82) is 0 Å². The molecule has 0 atom stereocenters. The third kappa shape index (κ3) is 3.31. The van der Waals surface area contributed by atoms with Crippen molar-refractivity contribution >= 4 is 12.6 Å². The highest BCUT2D eigenvalue weighted by Crippen LogP contribution is 2.33. The minimum atomic E-state index is -4.59. The molecule has 2 aromatic carbocycles. The summed E-state index contributed by atoms with van der Waals surface area (Å²) in [6, 6.07) is 10.6. The highest BCUT2D eigenvalue weighted by atomic mass is 32.1. The van der Waals surface area contributed by atoms with E-state index in [0.29, 0.717) is 16.1 Å². The van der Waals surface area contributed by atoms with Crippen LogP contribution in [0.5, 0.6) is 0 Å². The molecule has 3 aromatic rings. The Morgan fingerprint density at radius 3 is 2.29 bits per heavy atom. The number of halogens is 4.